The molecule has 1 aromatic carbocycles. The Balaban J connectivity index is 2.95. The molecule has 1 atom stereocenters. The Morgan fingerprint density at radius 1 is 1.47 bits per heavy atom. The van der Waals surface area contributed by atoms with Gasteiger partial charge < -0.3 is 10.1 Å². The summed E-state index contributed by atoms with van der Waals surface area (Å²) in [5.41, 5.74) is -0.887. The van der Waals surface area contributed by atoms with Crippen molar-refractivity contribution < 1.29 is 9.13 Å². The normalized spacial score (nSPS) is 14.8. The van der Waals surface area contributed by atoms with Crippen molar-refractivity contribution in [1.82, 2.24) is 5.32 Å². The van der Waals surface area contributed by atoms with Gasteiger partial charge in [-0.3, -0.25) is 0 Å². The Morgan fingerprint density at radius 2 is 2.12 bits per heavy atom. The highest BCUT2D eigenvalue weighted by molar-refractivity contribution is 6.32. The minimum absolute atomic E-state index is 0.0485. The smallest absolute Gasteiger partial charge is 0.145 e. The lowest BCUT2D eigenvalue weighted by Gasteiger charge is -2.21. The Kier molecular flexibility index (Phi) is 4.78. The van der Waals surface area contributed by atoms with E-state index in [1.165, 1.54) is 6.92 Å². The number of hydrogen-bond donors (Lipinski definition) is 1. The maximum absolute atomic E-state index is 14.2. The number of rotatable bonds is 5. The van der Waals surface area contributed by atoms with Crippen LogP contribution in [0.25, 0.3) is 0 Å². The van der Waals surface area contributed by atoms with Gasteiger partial charge >= 0.3 is 0 Å². The lowest BCUT2D eigenvalue weighted by atomic mass is 9.98. The van der Waals surface area contributed by atoms with Crippen LogP contribution < -0.4 is 10.1 Å². The second kappa shape index (κ2) is 5.69. The molecule has 1 aromatic rings. The summed E-state index contributed by atoms with van der Waals surface area (Å²) in [5, 5.41) is 3.26. The average molecular weight is 260 g/mol. The van der Waals surface area contributed by atoms with E-state index in [-0.39, 0.29) is 12.6 Å². The van der Waals surface area contributed by atoms with Crippen LogP contribution in [0.1, 0.15) is 26.3 Å². The van der Waals surface area contributed by atoms with Crippen molar-refractivity contribution in [2.75, 3.05) is 13.6 Å². The fourth-order valence-electron chi connectivity index (χ4n) is 1.61. The molecule has 0 bridgehead atoms. The standard InChI is InChI=1S/C13H19ClFNO/c1-9(2)17-12-6-5-10(7-11(12)14)13(3,15)8-16-4/h5-7,9,16H,8H2,1-4H3. The molecule has 96 valence electrons. The number of halogens is 2. The molecule has 0 heterocycles. The van der Waals surface area contributed by atoms with E-state index in [0.717, 1.165) is 0 Å². The van der Waals surface area contributed by atoms with Gasteiger partial charge in [0.1, 0.15) is 11.4 Å². The van der Waals surface area contributed by atoms with Crippen LogP contribution in [0.15, 0.2) is 18.2 Å². The summed E-state index contributed by atoms with van der Waals surface area (Å²) in [7, 11) is 1.72. The van der Waals surface area contributed by atoms with E-state index in [4.69, 9.17) is 16.3 Å². The second-order valence-corrected chi connectivity index (χ2v) is 4.95. The van der Waals surface area contributed by atoms with Crippen molar-refractivity contribution in [1.29, 1.82) is 0 Å². The van der Waals surface area contributed by atoms with Gasteiger partial charge in [-0.1, -0.05) is 17.7 Å². The minimum atomic E-state index is -1.44. The number of alkyl halides is 1. The first-order valence-electron chi connectivity index (χ1n) is 5.67. The van der Waals surface area contributed by atoms with E-state index in [2.05, 4.69) is 5.32 Å². The van der Waals surface area contributed by atoms with E-state index in [1.54, 1.807) is 25.2 Å². The molecule has 0 saturated heterocycles. The lowest BCUT2D eigenvalue weighted by molar-refractivity contribution is 0.190. The van der Waals surface area contributed by atoms with Crippen LogP contribution in [0.2, 0.25) is 5.02 Å². The summed E-state index contributed by atoms with van der Waals surface area (Å²) < 4.78 is 19.7. The van der Waals surface area contributed by atoms with Gasteiger partial charge in [-0.2, -0.15) is 0 Å². The topological polar surface area (TPSA) is 21.3 Å². The predicted octanol–water partition coefficient (Wildman–Crippen LogP) is 3.53. The monoisotopic (exact) mass is 259 g/mol. The molecule has 1 rings (SSSR count). The van der Waals surface area contributed by atoms with Gasteiger partial charge in [0.15, 0.2) is 0 Å². The third kappa shape index (κ3) is 3.86. The fraction of sp³-hybridized carbons (Fsp3) is 0.538. The van der Waals surface area contributed by atoms with Gasteiger partial charge in [-0.25, -0.2) is 4.39 Å². The predicted molar refractivity (Wildman–Crippen MR) is 69.6 cm³/mol. The molecule has 1 unspecified atom stereocenters. The van der Waals surface area contributed by atoms with E-state index in [9.17, 15) is 4.39 Å². The quantitative estimate of drug-likeness (QED) is 0.874. The molecule has 0 aliphatic rings. The molecule has 0 radical (unpaired) electrons. The lowest BCUT2D eigenvalue weighted by Crippen LogP contribution is -2.29. The summed E-state index contributed by atoms with van der Waals surface area (Å²) in [6, 6.07) is 5.04. The van der Waals surface area contributed by atoms with Crippen LogP contribution in [-0.2, 0) is 5.67 Å². The third-order valence-corrected chi connectivity index (χ3v) is 2.70. The first kappa shape index (κ1) is 14.3. The molecule has 1 N–H and O–H groups in total. The molecule has 17 heavy (non-hydrogen) atoms. The largest absolute Gasteiger partial charge is 0.489 e. The van der Waals surface area contributed by atoms with Crippen molar-refractivity contribution >= 4 is 11.6 Å². The zero-order valence-electron chi connectivity index (χ0n) is 10.7. The van der Waals surface area contributed by atoms with Crippen molar-refractivity contribution in [3.8, 4) is 5.75 Å². The van der Waals surface area contributed by atoms with Gasteiger partial charge in [-0.05, 0) is 45.5 Å². The van der Waals surface area contributed by atoms with Crippen molar-refractivity contribution in [2.24, 2.45) is 0 Å². The highest BCUT2D eigenvalue weighted by Crippen LogP contribution is 2.32. The van der Waals surface area contributed by atoms with E-state index in [1.807, 2.05) is 13.8 Å². The second-order valence-electron chi connectivity index (χ2n) is 4.54. The van der Waals surface area contributed by atoms with Crippen LogP contribution in [0, 0.1) is 0 Å². The molecule has 0 amide bonds. The average Bonchev–Trinajstić information content (AvgIpc) is 2.20. The van der Waals surface area contributed by atoms with E-state index >= 15 is 0 Å². The molecule has 4 heteroatoms. The van der Waals surface area contributed by atoms with Crippen LogP contribution in [0.3, 0.4) is 0 Å². The van der Waals surface area contributed by atoms with Crippen LogP contribution in [0.4, 0.5) is 4.39 Å². The maximum atomic E-state index is 14.2. The third-order valence-electron chi connectivity index (χ3n) is 2.41. The van der Waals surface area contributed by atoms with E-state index < -0.39 is 5.67 Å². The van der Waals surface area contributed by atoms with Gasteiger partial charge in [0.25, 0.3) is 0 Å². The van der Waals surface area contributed by atoms with Crippen molar-refractivity contribution in [2.45, 2.75) is 32.5 Å². The highest BCUT2D eigenvalue weighted by Gasteiger charge is 2.25. The summed E-state index contributed by atoms with van der Waals surface area (Å²) in [6.07, 6.45) is 0.0485. The number of benzene rings is 1. The van der Waals surface area contributed by atoms with Gasteiger partial charge in [0.05, 0.1) is 11.1 Å². The first-order valence-corrected chi connectivity index (χ1v) is 6.05. The van der Waals surface area contributed by atoms with Crippen LogP contribution in [0.5, 0.6) is 5.75 Å². The Bertz CT molecular complexity index is 380. The van der Waals surface area contributed by atoms with Gasteiger partial charge in [0, 0.05) is 6.54 Å². The SMILES string of the molecule is CNCC(C)(F)c1ccc(OC(C)C)c(Cl)c1. The number of hydrogen-bond acceptors (Lipinski definition) is 2. The number of likely N-dealkylation sites (N-methyl/N-ethyl adjacent to an activating group) is 1. The van der Waals surface area contributed by atoms with Crippen LogP contribution in [-0.4, -0.2) is 19.7 Å². The molecule has 2 nitrogen and oxygen atoms in total. The molecular formula is C13H19ClFNO. The van der Waals surface area contributed by atoms with Crippen molar-refractivity contribution in [3.63, 3.8) is 0 Å². The number of ether oxygens (including phenoxy) is 1. The van der Waals surface area contributed by atoms with Crippen molar-refractivity contribution in [3.05, 3.63) is 28.8 Å². The molecule has 0 aliphatic carbocycles. The Labute approximate surface area is 107 Å². The van der Waals surface area contributed by atoms with E-state index in [0.29, 0.717) is 16.3 Å². The summed E-state index contributed by atoms with van der Waals surface area (Å²) >= 11 is 6.07. The zero-order chi connectivity index (χ0) is 13.1. The number of nitrogens with one attached hydrogen (secondary N) is 1. The Hall–Kier alpha value is -0.800. The zero-order valence-corrected chi connectivity index (χ0v) is 11.4. The van der Waals surface area contributed by atoms with Gasteiger partial charge in [0.2, 0.25) is 0 Å². The van der Waals surface area contributed by atoms with Gasteiger partial charge in [-0.15, -0.1) is 0 Å². The molecule has 0 spiro atoms. The first-order chi connectivity index (χ1) is 7.86. The molecule has 0 fully saturated rings. The summed E-state index contributed by atoms with van der Waals surface area (Å²) in [6.45, 7) is 5.61. The molecule has 0 aliphatic heterocycles. The maximum Gasteiger partial charge on any atom is 0.145 e. The molecular weight excluding hydrogens is 241 g/mol. The molecule has 0 saturated carbocycles. The van der Waals surface area contributed by atoms with Crippen LogP contribution >= 0.6 is 11.6 Å². The summed E-state index contributed by atoms with van der Waals surface area (Å²) in [5.74, 6) is 0.589. The fourth-order valence-corrected chi connectivity index (χ4v) is 1.83. The highest BCUT2D eigenvalue weighted by atomic mass is 35.5. The Morgan fingerprint density at radius 3 is 2.59 bits per heavy atom. The minimum Gasteiger partial charge on any atom is -0.489 e. The summed E-state index contributed by atoms with van der Waals surface area (Å²) in [4.78, 5) is 0. The molecule has 0 aromatic heterocycles.